The first kappa shape index (κ1) is 22.3. The van der Waals surface area contributed by atoms with Crippen LogP contribution in [0.25, 0.3) is 0 Å². The fourth-order valence-electron chi connectivity index (χ4n) is 4.32. The number of nitrogens with one attached hydrogen (secondary N) is 1. The fourth-order valence-corrected chi connectivity index (χ4v) is 4.32. The van der Waals surface area contributed by atoms with Gasteiger partial charge in [0.05, 0.1) is 6.04 Å². The van der Waals surface area contributed by atoms with Crippen LogP contribution < -0.4 is 11.1 Å². The van der Waals surface area contributed by atoms with E-state index in [9.17, 15) is 14.4 Å². The Morgan fingerprint density at radius 1 is 1.13 bits per heavy atom. The number of carbonyl (C=O) groups excluding carboxylic acids is 3. The van der Waals surface area contributed by atoms with Gasteiger partial charge in [-0.25, -0.2) is 4.79 Å². The summed E-state index contributed by atoms with van der Waals surface area (Å²) in [6.45, 7) is 3.24. The van der Waals surface area contributed by atoms with Crippen molar-refractivity contribution in [3.05, 3.63) is 34.9 Å². The molecule has 2 aliphatic heterocycles. The van der Waals surface area contributed by atoms with E-state index in [2.05, 4.69) is 23.5 Å². The molecular formula is C23H33N3O4. The maximum Gasteiger partial charge on any atom is 0.410 e. The topological polar surface area (TPSA) is 102 Å². The lowest BCUT2D eigenvalue weighted by molar-refractivity contribution is -0.119. The number of Topliss-reactive ketones (excluding diaryl/α,β-unsaturated/α-hetero) is 1. The first-order valence-electron chi connectivity index (χ1n) is 11.0. The Morgan fingerprint density at radius 3 is 2.63 bits per heavy atom. The maximum atomic E-state index is 12.6. The number of ketones is 1. The predicted octanol–water partition coefficient (Wildman–Crippen LogP) is 2.83. The molecule has 30 heavy (non-hydrogen) atoms. The van der Waals surface area contributed by atoms with Gasteiger partial charge >= 0.3 is 6.09 Å². The number of amides is 2. The molecule has 0 radical (unpaired) electrons. The lowest BCUT2D eigenvalue weighted by Crippen LogP contribution is -2.31. The van der Waals surface area contributed by atoms with E-state index < -0.39 is 0 Å². The molecule has 3 rings (SSSR count). The fraction of sp³-hybridized carbons (Fsp3) is 0.609. The molecule has 2 heterocycles. The van der Waals surface area contributed by atoms with Gasteiger partial charge in [-0.05, 0) is 42.9 Å². The van der Waals surface area contributed by atoms with Crippen molar-refractivity contribution in [2.45, 2.75) is 83.5 Å². The molecule has 1 aromatic carbocycles. The summed E-state index contributed by atoms with van der Waals surface area (Å²) in [7, 11) is 0. The quantitative estimate of drug-likeness (QED) is 0.572. The number of nitrogens with zero attached hydrogens (tertiary/aromatic N) is 1. The zero-order valence-corrected chi connectivity index (χ0v) is 17.8. The lowest BCUT2D eigenvalue weighted by Gasteiger charge is -2.19. The Labute approximate surface area is 178 Å². The number of nitrogens with two attached hydrogens (primary N) is 1. The molecule has 1 fully saturated rings. The Morgan fingerprint density at radius 2 is 1.90 bits per heavy atom. The van der Waals surface area contributed by atoms with E-state index in [-0.39, 0.29) is 29.9 Å². The van der Waals surface area contributed by atoms with Crippen LogP contribution >= 0.6 is 0 Å². The second kappa shape index (κ2) is 10.6. The molecule has 0 saturated carbocycles. The van der Waals surface area contributed by atoms with Crippen molar-refractivity contribution in [1.29, 1.82) is 0 Å². The van der Waals surface area contributed by atoms with Gasteiger partial charge < -0.3 is 15.8 Å². The Hall–Kier alpha value is -2.41. The van der Waals surface area contributed by atoms with Gasteiger partial charge in [-0.15, -0.1) is 0 Å². The average molecular weight is 416 g/mol. The van der Waals surface area contributed by atoms with Crippen molar-refractivity contribution in [3.63, 3.8) is 0 Å². The van der Waals surface area contributed by atoms with E-state index in [0.29, 0.717) is 32.5 Å². The zero-order valence-electron chi connectivity index (χ0n) is 17.8. The second-order valence-corrected chi connectivity index (χ2v) is 8.46. The third kappa shape index (κ3) is 6.05. The first-order chi connectivity index (χ1) is 14.4. The normalized spacial score (nSPS) is 20.2. The van der Waals surface area contributed by atoms with E-state index in [4.69, 9.17) is 10.5 Å². The van der Waals surface area contributed by atoms with Crippen molar-refractivity contribution < 1.29 is 19.1 Å². The summed E-state index contributed by atoms with van der Waals surface area (Å²) in [6, 6.07) is 6.09. The number of ether oxygens (including phenoxy) is 1. The van der Waals surface area contributed by atoms with Crippen molar-refractivity contribution in [2.24, 2.45) is 5.73 Å². The SMILES string of the molecule is CC(=O)[C@@H]1C[C@@H](OC(=O)N2Cc3cccc(CCCCCCCC(N)=O)c3C2)CN1. The highest BCUT2D eigenvalue weighted by molar-refractivity contribution is 5.82. The standard InChI is InChI=1S/C23H33N3O4/c1-16(27)21-12-19(13-25-21)30-23(29)26-14-18-10-7-9-17(20(18)15-26)8-5-3-2-4-6-11-22(24)28/h7,9-10,19,21,25H,2-6,8,11-15H2,1H3,(H2,24,28)/t19-,21+/m1/s1. The molecule has 0 unspecified atom stereocenters. The van der Waals surface area contributed by atoms with E-state index in [1.807, 2.05) is 0 Å². The number of benzene rings is 1. The molecule has 2 amide bonds. The number of carbonyl (C=O) groups is 3. The molecule has 0 spiro atoms. The molecule has 7 nitrogen and oxygen atoms in total. The molecule has 2 aliphatic rings. The largest absolute Gasteiger partial charge is 0.445 e. The van der Waals surface area contributed by atoms with Crippen LogP contribution in [0.5, 0.6) is 0 Å². The molecule has 164 valence electrons. The number of unbranched alkanes of at least 4 members (excludes halogenated alkanes) is 4. The molecule has 3 N–H and O–H groups in total. The van der Waals surface area contributed by atoms with Crippen LogP contribution in [0.1, 0.15) is 68.6 Å². The predicted molar refractivity (Wildman–Crippen MR) is 114 cm³/mol. The summed E-state index contributed by atoms with van der Waals surface area (Å²) >= 11 is 0. The minimum atomic E-state index is -0.303. The molecule has 1 aromatic rings. The Bertz CT molecular complexity index is 780. The van der Waals surface area contributed by atoms with Crippen molar-refractivity contribution >= 4 is 17.8 Å². The van der Waals surface area contributed by atoms with Gasteiger partial charge in [-0.3, -0.25) is 14.5 Å². The van der Waals surface area contributed by atoms with Crippen molar-refractivity contribution in [1.82, 2.24) is 10.2 Å². The van der Waals surface area contributed by atoms with Gasteiger partial charge in [0.1, 0.15) is 11.9 Å². The van der Waals surface area contributed by atoms with E-state index >= 15 is 0 Å². The van der Waals surface area contributed by atoms with Gasteiger partial charge in [0, 0.05) is 32.5 Å². The summed E-state index contributed by atoms with van der Waals surface area (Å²) in [5, 5.41) is 3.11. The van der Waals surface area contributed by atoms with E-state index in [1.165, 1.54) is 16.7 Å². The van der Waals surface area contributed by atoms with Crippen LogP contribution in [0.2, 0.25) is 0 Å². The van der Waals surface area contributed by atoms with Crippen LogP contribution in [-0.4, -0.2) is 41.4 Å². The van der Waals surface area contributed by atoms with Crippen LogP contribution in [0.15, 0.2) is 18.2 Å². The highest BCUT2D eigenvalue weighted by Gasteiger charge is 2.32. The molecule has 0 aliphatic carbocycles. The smallest absolute Gasteiger partial charge is 0.410 e. The highest BCUT2D eigenvalue weighted by Crippen LogP contribution is 2.28. The van der Waals surface area contributed by atoms with Crippen molar-refractivity contribution in [3.8, 4) is 0 Å². The minimum Gasteiger partial charge on any atom is -0.445 e. The third-order valence-corrected chi connectivity index (χ3v) is 6.06. The Kier molecular flexibility index (Phi) is 7.85. The zero-order chi connectivity index (χ0) is 21.5. The van der Waals surface area contributed by atoms with Crippen LogP contribution in [0, 0.1) is 0 Å². The van der Waals surface area contributed by atoms with Crippen LogP contribution in [-0.2, 0) is 33.8 Å². The van der Waals surface area contributed by atoms with Crippen LogP contribution in [0.4, 0.5) is 4.79 Å². The highest BCUT2D eigenvalue weighted by atomic mass is 16.6. The minimum absolute atomic E-state index is 0.0830. The summed E-state index contributed by atoms with van der Waals surface area (Å²) in [5.74, 6) is -0.138. The van der Waals surface area contributed by atoms with Crippen LogP contribution in [0.3, 0.4) is 0 Å². The summed E-state index contributed by atoms with van der Waals surface area (Å²) in [6.07, 6.45) is 6.71. The number of fused-ring (bicyclic) bond motifs is 1. The number of primary amides is 1. The van der Waals surface area contributed by atoms with Gasteiger partial charge in [0.2, 0.25) is 5.91 Å². The second-order valence-electron chi connectivity index (χ2n) is 8.46. The summed E-state index contributed by atoms with van der Waals surface area (Å²) in [4.78, 5) is 36.6. The molecule has 0 aromatic heterocycles. The first-order valence-corrected chi connectivity index (χ1v) is 11.0. The third-order valence-electron chi connectivity index (χ3n) is 6.06. The van der Waals surface area contributed by atoms with E-state index in [1.54, 1.807) is 11.8 Å². The molecule has 1 saturated heterocycles. The molecule has 2 atom stereocenters. The Balaban J connectivity index is 1.44. The van der Waals surface area contributed by atoms with Gasteiger partial charge in [0.15, 0.2) is 0 Å². The summed E-state index contributed by atoms with van der Waals surface area (Å²) < 4.78 is 5.64. The number of hydrogen-bond donors (Lipinski definition) is 2. The molecule has 0 bridgehead atoms. The number of aryl methyl sites for hydroxylation is 1. The average Bonchev–Trinajstić information content (AvgIpc) is 3.34. The van der Waals surface area contributed by atoms with Gasteiger partial charge in [-0.2, -0.15) is 0 Å². The lowest BCUT2D eigenvalue weighted by atomic mass is 9.98. The number of hydrogen-bond acceptors (Lipinski definition) is 5. The van der Waals surface area contributed by atoms with Gasteiger partial charge in [0.25, 0.3) is 0 Å². The van der Waals surface area contributed by atoms with E-state index in [0.717, 1.165) is 38.5 Å². The van der Waals surface area contributed by atoms with Gasteiger partial charge in [-0.1, -0.05) is 37.5 Å². The monoisotopic (exact) mass is 415 g/mol. The van der Waals surface area contributed by atoms with Crippen molar-refractivity contribution in [2.75, 3.05) is 6.54 Å². The maximum absolute atomic E-state index is 12.6. The molecule has 7 heteroatoms. The summed E-state index contributed by atoms with van der Waals surface area (Å²) in [5.41, 5.74) is 8.91. The number of rotatable bonds is 10. The molecular weight excluding hydrogens is 382 g/mol.